The van der Waals surface area contributed by atoms with Gasteiger partial charge in [-0.1, -0.05) is 0 Å². The Hall–Kier alpha value is -1.23. The van der Waals surface area contributed by atoms with Crippen molar-refractivity contribution in [2.24, 2.45) is 0 Å². The van der Waals surface area contributed by atoms with E-state index in [0.29, 0.717) is 16.4 Å². The molecule has 2 aromatic heterocycles. The van der Waals surface area contributed by atoms with Gasteiger partial charge in [0, 0.05) is 12.3 Å². The van der Waals surface area contributed by atoms with Crippen LogP contribution >= 0.6 is 15.9 Å². The fourth-order valence-electron chi connectivity index (χ4n) is 1.13. The number of aromatic nitrogens is 2. The normalized spacial score (nSPS) is 10.6. The van der Waals surface area contributed by atoms with Crippen LogP contribution in [0.5, 0.6) is 0 Å². The number of aldehydes is 1. The van der Waals surface area contributed by atoms with Crippen molar-refractivity contribution >= 4 is 27.7 Å². The van der Waals surface area contributed by atoms with Gasteiger partial charge in [-0.25, -0.2) is 9.37 Å². The lowest BCUT2D eigenvalue weighted by Crippen LogP contribution is -1.91. The van der Waals surface area contributed by atoms with Crippen LogP contribution in [0.1, 0.15) is 10.6 Å². The Labute approximate surface area is 81.3 Å². The summed E-state index contributed by atoms with van der Waals surface area (Å²) in [4.78, 5) is 14.4. The highest BCUT2D eigenvalue weighted by atomic mass is 79.9. The summed E-state index contributed by atoms with van der Waals surface area (Å²) in [5.41, 5.74) is 0.544. The van der Waals surface area contributed by atoms with Crippen molar-refractivity contribution in [3.05, 3.63) is 34.6 Å². The van der Waals surface area contributed by atoms with Gasteiger partial charge in [-0.05, 0) is 22.0 Å². The molecule has 2 heterocycles. The number of hydrogen-bond donors (Lipinski definition) is 0. The van der Waals surface area contributed by atoms with Gasteiger partial charge in [0.05, 0.1) is 5.52 Å². The SMILES string of the molecule is O=Cc1nc(Br)c2cc(F)ccn12. The summed E-state index contributed by atoms with van der Waals surface area (Å²) in [6.07, 6.45) is 2.09. The lowest BCUT2D eigenvalue weighted by molar-refractivity contribution is 0.111. The van der Waals surface area contributed by atoms with Crippen molar-refractivity contribution in [3.8, 4) is 0 Å². The quantitative estimate of drug-likeness (QED) is 0.718. The summed E-state index contributed by atoms with van der Waals surface area (Å²) in [6, 6.07) is 2.58. The highest BCUT2D eigenvalue weighted by Gasteiger charge is 2.07. The topological polar surface area (TPSA) is 34.4 Å². The lowest BCUT2D eigenvalue weighted by atomic mass is 10.4. The number of carbonyl (C=O) groups is 1. The van der Waals surface area contributed by atoms with E-state index in [4.69, 9.17) is 0 Å². The predicted molar refractivity (Wildman–Crippen MR) is 48.2 cm³/mol. The van der Waals surface area contributed by atoms with Crippen LogP contribution in [0.4, 0.5) is 4.39 Å². The maximum absolute atomic E-state index is 12.8. The molecular weight excluding hydrogens is 239 g/mol. The summed E-state index contributed by atoms with van der Waals surface area (Å²) in [5.74, 6) is -0.104. The van der Waals surface area contributed by atoms with Crippen molar-refractivity contribution in [1.29, 1.82) is 0 Å². The molecule has 13 heavy (non-hydrogen) atoms. The highest BCUT2D eigenvalue weighted by molar-refractivity contribution is 9.10. The molecular formula is C8H4BrFN2O. The maximum Gasteiger partial charge on any atom is 0.185 e. The van der Waals surface area contributed by atoms with Crippen LogP contribution in [0, 0.1) is 5.82 Å². The summed E-state index contributed by atoms with van der Waals surface area (Å²) in [6.45, 7) is 0. The summed E-state index contributed by atoms with van der Waals surface area (Å²) < 4.78 is 14.8. The summed E-state index contributed by atoms with van der Waals surface area (Å²) in [7, 11) is 0. The van der Waals surface area contributed by atoms with Gasteiger partial charge >= 0.3 is 0 Å². The largest absolute Gasteiger partial charge is 0.296 e. The monoisotopic (exact) mass is 242 g/mol. The average molecular weight is 243 g/mol. The van der Waals surface area contributed by atoms with E-state index in [1.165, 1.54) is 22.7 Å². The van der Waals surface area contributed by atoms with E-state index >= 15 is 0 Å². The van der Waals surface area contributed by atoms with Crippen LogP contribution < -0.4 is 0 Å². The number of imidazole rings is 1. The molecule has 0 aliphatic heterocycles. The first-order valence-electron chi connectivity index (χ1n) is 3.50. The molecule has 0 amide bonds. The van der Waals surface area contributed by atoms with Gasteiger partial charge < -0.3 is 0 Å². The number of fused-ring (bicyclic) bond motifs is 1. The molecule has 0 aliphatic rings. The summed E-state index contributed by atoms with van der Waals surface area (Å²) in [5, 5.41) is 0. The first-order valence-corrected chi connectivity index (χ1v) is 4.30. The second-order valence-electron chi connectivity index (χ2n) is 2.48. The van der Waals surface area contributed by atoms with E-state index in [1.54, 1.807) is 0 Å². The average Bonchev–Trinajstić information content (AvgIpc) is 2.43. The molecule has 0 saturated carbocycles. The molecule has 2 rings (SSSR count). The van der Waals surface area contributed by atoms with Crippen LogP contribution in [0.3, 0.4) is 0 Å². The third kappa shape index (κ3) is 1.25. The van der Waals surface area contributed by atoms with Crippen molar-refractivity contribution in [3.63, 3.8) is 0 Å². The second-order valence-corrected chi connectivity index (χ2v) is 3.23. The molecule has 0 N–H and O–H groups in total. The first kappa shape index (κ1) is 8.37. The fraction of sp³-hybridized carbons (Fsp3) is 0. The molecule has 3 nitrogen and oxygen atoms in total. The smallest absolute Gasteiger partial charge is 0.185 e. The van der Waals surface area contributed by atoms with Gasteiger partial charge in [-0.15, -0.1) is 0 Å². The molecule has 0 radical (unpaired) electrons. The van der Waals surface area contributed by atoms with E-state index in [-0.39, 0.29) is 11.6 Å². The Morgan fingerprint density at radius 1 is 1.62 bits per heavy atom. The molecule has 2 aromatic rings. The Kier molecular flexibility index (Phi) is 1.88. The minimum Gasteiger partial charge on any atom is -0.296 e. The molecule has 0 atom stereocenters. The zero-order valence-corrected chi connectivity index (χ0v) is 7.95. The first-order chi connectivity index (χ1) is 6.22. The highest BCUT2D eigenvalue weighted by Crippen LogP contribution is 2.18. The molecule has 66 valence electrons. The van der Waals surface area contributed by atoms with E-state index < -0.39 is 0 Å². The Bertz CT molecular complexity index is 480. The third-order valence-electron chi connectivity index (χ3n) is 1.69. The number of carbonyl (C=O) groups excluding carboxylic acids is 1. The van der Waals surface area contributed by atoms with Crippen LogP contribution in [0.15, 0.2) is 22.9 Å². The van der Waals surface area contributed by atoms with Gasteiger partial charge in [0.1, 0.15) is 10.4 Å². The van der Waals surface area contributed by atoms with Gasteiger partial charge in [0.25, 0.3) is 0 Å². The predicted octanol–water partition coefficient (Wildman–Crippen LogP) is 2.05. The number of nitrogens with zero attached hydrogens (tertiary/aromatic N) is 2. The molecule has 0 bridgehead atoms. The second kappa shape index (κ2) is 2.92. The number of rotatable bonds is 1. The zero-order chi connectivity index (χ0) is 9.42. The van der Waals surface area contributed by atoms with E-state index in [1.807, 2.05) is 0 Å². The van der Waals surface area contributed by atoms with Crippen molar-refractivity contribution in [2.75, 3.05) is 0 Å². The van der Waals surface area contributed by atoms with E-state index in [2.05, 4.69) is 20.9 Å². The number of pyridine rings is 1. The zero-order valence-electron chi connectivity index (χ0n) is 6.37. The number of halogens is 2. The van der Waals surface area contributed by atoms with Crippen LogP contribution in [0.2, 0.25) is 0 Å². The van der Waals surface area contributed by atoms with Crippen molar-refractivity contribution in [1.82, 2.24) is 9.38 Å². The molecule has 0 aliphatic carbocycles. The minimum atomic E-state index is -0.356. The summed E-state index contributed by atoms with van der Waals surface area (Å²) >= 11 is 3.14. The van der Waals surface area contributed by atoms with Crippen molar-refractivity contribution < 1.29 is 9.18 Å². The number of hydrogen-bond acceptors (Lipinski definition) is 2. The Morgan fingerprint density at radius 3 is 3.08 bits per heavy atom. The Morgan fingerprint density at radius 2 is 2.38 bits per heavy atom. The molecule has 5 heteroatoms. The van der Waals surface area contributed by atoms with Crippen LogP contribution in [-0.4, -0.2) is 15.7 Å². The van der Waals surface area contributed by atoms with Crippen LogP contribution in [-0.2, 0) is 0 Å². The molecule has 0 fully saturated rings. The lowest BCUT2D eigenvalue weighted by Gasteiger charge is -1.94. The minimum absolute atomic E-state index is 0.252. The van der Waals surface area contributed by atoms with Gasteiger partial charge in [0.15, 0.2) is 12.1 Å². The molecule has 0 spiro atoms. The van der Waals surface area contributed by atoms with Gasteiger partial charge in [-0.2, -0.15) is 0 Å². The maximum atomic E-state index is 12.8. The molecule has 0 aromatic carbocycles. The van der Waals surface area contributed by atoms with Gasteiger partial charge in [0.2, 0.25) is 0 Å². The molecule has 0 unspecified atom stereocenters. The standard InChI is InChI=1S/C8H4BrFN2O/c9-8-6-3-5(10)1-2-12(6)7(4-13)11-8/h1-4H. The van der Waals surface area contributed by atoms with Gasteiger partial charge in [-0.3, -0.25) is 9.20 Å². The van der Waals surface area contributed by atoms with E-state index in [9.17, 15) is 9.18 Å². The molecule has 0 saturated heterocycles. The fourth-order valence-corrected chi connectivity index (χ4v) is 1.62. The van der Waals surface area contributed by atoms with Crippen LogP contribution in [0.25, 0.3) is 5.52 Å². The third-order valence-corrected chi connectivity index (χ3v) is 2.28. The Balaban J connectivity index is 2.88. The van der Waals surface area contributed by atoms with Crippen molar-refractivity contribution in [2.45, 2.75) is 0 Å². The van der Waals surface area contributed by atoms with E-state index in [0.717, 1.165) is 0 Å².